The zero-order valence-electron chi connectivity index (χ0n) is 39.2. The number of ether oxygens (including phenoxy) is 1. The number of piperazine rings is 1. The maximum Gasteiger partial charge on any atom is 0.317 e. The van der Waals surface area contributed by atoms with Crippen molar-refractivity contribution < 1.29 is 38.2 Å². The Kier molecular flexibility index (Phi) is 17.6. The number of amides is 5. The second kappa shape index (κ2) is 23.7. The number of benzene rings is 2. The van der Waals surface area contributed by atoms with Crippen LogP contribution in [0.1, 0.15) is 94.2 Å². The van der Waals surface area contributed by atoms with Gasteiger partial charge in [-0.2, -0.15) is 5.10 Å². The molecule has 4 aliphatic rings. The number of fused-ring (bicyclic) bond motifs is 1. The van der Waals surface area contributed by atoms with E-state index in [0.717, 1.165) is 67.8 Å². The van der Waals surface area contributed by atoms with E-state index in [1.165, 1.54) is 6.07 Å². The number of likely N-dealkylation sites (tertiary alicyclic amines) is 1. The summed E-state index contributed by atoms with van der Waals surface area (Å²) in [5.74, 6) is -0.264. The van der Waals surface area contributed by atoms with E-state index in [9.17, 15) is 24.0 Å². The third-order valence-corrected chi connectivity index (χ3v) is 16.2. The van der Waals surface area contributed by atoms with Gasteiger partial charge >= 0.3 is 12.0 Å². The summed E-state index contributed by atoms with van der Waals surface area (Å²) in [6.07, 6.45) is 8.59. The van der Waals surface area contributed by atoms with Crippen molar-refractivity contribution in [2.45, 2.75) is 94.9 Å². The highest BCUT2D eigenvalue weighted by atomic mass is 33.1. The number of aliphatic carboxylic acids is 1. The first-order chi connectivity index (χ1) is 32.7. The Bertz CT molecular complexity index is 2290. The summed E-state index contributed by atoms with van der Waals surface area (Å²) < 4.78 is 20.4. The zero-order valence-corrected chi connectivity index (χ0v) is 40.8. The summed E-state index contributed by atoms with van der Waals surface area (Å²) in [7, 11) is 5.21. The zero-order chi connectivity index (χ0) is 48.2. The predicted molar refractivity (Wildman–Crippen MR) is 264 cm³/mol. The van der Waals surface area contributed by atoms with Crippen LogP contribution in [0, 0.1) is 11.7 Å². The highest BCUT2D eigenvalue weighted by molar-refractivity contribution is 8.77. The fourth-order valence-electron chi connectivity index (χ4n) is 9.01. The highest BCUT2D eigenvalue weighted by Crippen LogP contribution is 2.47. The number of halogens is 1. The molecule has 7 rings (SSSR count). The Hall–Kier alpha value is -5.40. The Morgan fingerprint density at radius 2 is 1.76 bits per heavy atom. The van der Waals surface area contributed by atoms with Gasteiger partial charge in [-0.3, -0.25) is 29.1 Å². The van der Waals surface area contributed by atoms with Crippen molar-refractivity contribution in [2.24, 2.45) is 11.0 Å². The molecule has 0 spiro atoms. The van der Waals surface area contributed by atoms with Gasteiger partial charge in [-0.05, 0) is 94.2 Å². The number of urea groups is 1. The van der Waals surface area contributed by atoms with Crippen LogP contribution in [0.4, 0.5) is 20.6 Å². The number of aromatic nitrogens is 1. The molecule has 68 heavy (non-hydrogen) atoms. The van der Waals surface area contributed by atoms with Crippen molar-refractivity contribution in [1.29, 1.82) is 0 Å². The molecule has 1 saturated carbocycles. The Labute approximate surface area is 406 Å². The molecule has 3 aliphatic heterocycles. The maximum atomic E-state index is 15.0. The van der Waals surface area contributed by atoms with Crippen LogP contribution >= 0.6 is 21.6 Å². The van der Waals surface area contributed by atoms with Crippen LogP contribution < -0.4 is 25.7 Å². The van der Waals surface area contributed by atoms with Gasteiger partial charge in [0.15, 0.2) is 0 Å². The van der Waals surface area contributed by atoms with E-state index in [1.807, 2.05) is 56.1 Å². The van der Waals surface area contributed by atoms with Gasteiger partial charge in [0, 0.05) is 142 Å². The normalized spacial score (nSPS) is 19.5. The molecule has 4 heterocycles. The second-order valence-electron chi connectivity index (χ2n) is 18.6. The number of pyridine rings is 1. The smallest absolute Gasteiger partial charge is 0.317 e. The molecule has 2 saturated heterocycles. The van der Waals surface area contributed by atoms with Crippen molar-refractivity contribution in [1.82, 2.24) is 30.4 Å². The first-order valence-corrected chi connectivity index (χ1v) is 25.9. The molecular formula is C49H64FN9O7S2. The number of anilines is 2. The summed E-state index contributed by atoms with van der Waals surface area (Å²) >= 11 is 0. The molecule has 4 N–H and O–H groups in total. The van der Waals surface area contributed by atoms with Gasteiger partial charge in [0.1, 0.15) is 11.6 Å². The summed E-state index contributed by atoms with van der Waals surface area (Å²) in [6.45, 7) is 9.28. The van der Waals surface area contributed by atoms with Crippen LogP contribution in [0.5, 0.6) is 5.75 Å². The van der Waals surface area contributed by atoms with Crippen LogP contribution in [0.15, 0.2) is 66.0 Å². The first-order valence-electron chi connectivity index (χ1n) is 23.6. The minimum absolute atomic E-state index is 0.0408. The molecule has 0 radical (unpaired) electrons. The molecule has 3 fully saturated rings. The number of hydrogen-bond donors (Lipinski definition) is 4. The number of nitrogens with zero attached hydrogens (tertiary/aromatic N) is 6. The maximum absolute atomic E-state index is 15.0. The highest BCUT2D eigenvalue weighted by Gasteiger charge is 2.44. The Balaban J connectivity index is 0.752. The molecule has 366 valence electrons. The van der Waals surface area contributed by atoms with Gasteiger partial charge in [-0.25, -0.2) is 14.6 Å². The topological polar surface area (TPSA) is 189 Å². The predicted octanol–water partition coefficient (Wildman–Crippen LogP) is 6.72. The van der Waals surface area contributed by atoms with E-state index in [0.29, 0.717) is 80.8 Å². The van der Waals surface area contributed by atoms with Crippen molar-refractivity contribution in [3.8, 4) is 5.75 Å². The molecule has 2 atom stereocenters. The van der Waals surface area contributed by atoms with Crippen LogP contribution in [0.3, 0.4) is 0 Å². The van der Waals surface area contributed by atoms with E-state index >= 15 is 4.39 Å². The monoisotopic (exact) mass is 973 g/mol. The number of nitrogens with one attached hydrogen (secondary N) is 3. The lowest BCUT2D eigenvalue weighted by molar-refractivity contribution is -0.137. The number of hydrazone groups is 1. The molecule has 19 heteroatoms. The van der Waals surface area contributed by atoms with Gasteiger partial charge in [-0.1, -0.05) is 33.7 Å². The molecule has 1 aliphatic carbocycles. The lowest BCUT2D eigenvalue weighted by Crippen LogP contribution is -2.55. The van der Waals surface area contributed by atoms with Gasteiger partial charge < -0.3 is 35.2 Å². The SMILES string of the molecule is CN1CCC/C(=N\NC(=O)CC(C)(C)SSCCC(=O)N2CCN(C3CCN(C(=O)NCc4ccc(NC(=O)[C@H]5C[C@@H]5c5cccnc5)cc4F)CC3)CC2)c2ccc(OCCCC(=O)O)cc21. The summed E-state index contributed by atoms with van der Waals surface area (Å²) in [5.41, 5.74) is 7.20. The second-order valence-corrected chi connectivity index (χ2v) is 21.7. The van der Waals surface area contributed by atoms with Crippen LogP contribution in [0.25, 0.3) is 0 Å². The van der Waals surface area contributed by atoms with Crippen molar-refractivity contribution in [3.63, 3.8) is 0 Å². The third-order valence-electron chi connectivity index (χ3n) is 12.9. The van der Waals surface area contributed by atoms with E-state index in [4.69, 9.17) is 9.84 Å². The Morgan fingerprint density at radius 1 is 0.971 bits per heavy atom. The van der Waals surface area contributed by atoms with Crippen molar-refractivity contribution >= 4 is 68.4 Å². The number of rotatable bonds is 19. The molecule has 5 amide bonds. The van der Waals surface area contributed by atoms with Crippen molar-refractivity contribution in [3.05, 3.63) is 83.4 Å². The molecule has 0 unspecified atom stereocenters. The summed E-state index contributed by atoms with van der Waals surface area (Å²) in [4.78, 5) is 75.3. The fraction of sp³-hybridized carbons (Fsp3) is 0.531. The number of carbonyl (C=O) groups excluding carboxylic acids is 4. The number of carbonyl (C=O) groups is 5. The number of carboxylic acid groups (broad SMARTS) is 1. The third kappa shape index (κ3) is 14.3. The number of hydrogen-bond acceptors (Lipinski definition) is 12. The lowest BCUT2D eigenvalue weighted by atomic mass is 10.0. The average molecular weight is 974 g/mol. The minimum atomic E-state index is -0.848. The van der Waals surface area contributed by atoms with E-state index in [2.05, 4.69) is 35.9 Å². The lowest BCUT2D eigenvalue weighted by Gasteiger charge is -2.42. The quantitative estimate of drug-likeness (QED) is 0.0566. The van der Waals surface area contributed by atoms with Gasteiger partial charge in [-0.15, -0.1) is 0 Å². The largest absolute Gasteiger partial charge is 0.494 e. The average Bonchev–Trinajstić information content (AvgIpc) is 4.16. The van der Waals surface area contributed by atoms with Gasteiger partial charge in [0.05, 0.1) is 12.3 Å². The molecular weight excluding hydrogens is 910 g/mol. The molecule has 1 aromatic heterocycles. The van der Waals surface area contributed by atoms with Crippen molar-refractivity contribution in [2.75, 3.05) is 75.4 Å². The van der Waals surface area contributed by atoms with E-state index in [1.54, 1.807) is 51.0 Å². The van der Waals surface area contributed by atoms with Crippen LogP contribution in [0.2, 0.25) is 0 Å². The van der Waals surface area contributed by atoms with Crippen LogP contribution in [-0.4, -0.2) is 136 Å². The molecule has 0 bridgehead atoms. The summed E-state index contributed by atoms with van der Waals surface area (Å²) in [6, 6.07) is 14.2. The fourth-order valence-corrected chi connectivity index (χ4v) is 11.5. The Morgan fingerprint density at radius 3 is 2.50 bits per heavy atom. The number of piperidine rings is 1. The molecule has 2 aromatic carbocycles. The van der Waals surface area contributed by atoms with Gasteiger partial charge in [0.25, 0.3) is 0 Å². The standard InChI is InChI=1S/C49H64FN9O7S2/c1-49(2,30-44(60)55-54-42-8-5-18-56(3)43-28-37(12-13-38(42)43)66-25-6-9-46(62)63)68-67-26-16-45(61)58-23-21-57(22-24-58)36-14-19-59(20-15-36)48(65)52-32-34-10-11-35(27-41(34)50)53-47(64)40-29-39(40)33-7-4-17-51-31-33/h4,7,10-13,17,27-28,31,36,39-40H,5-6,8-9,14-16,18-26,29-30,32H2,1-3H3,(H,52,65)(H,53,64)(H,55,60)(H,62,63)/b54-42+/t39-,40+/m1/s1. The minimum Gasteiger partial charge on any atom is -0.494 e. The summed E-state index contributed by atoms with van der Waals surface area (Å²) in [5, 5.41) is 19.1. The van der Waals surface area contributed by atoms with E-state index < -0.39 is 11.8 Å². The first kappa shape index (κ1) is 50.5. The van der Waals surface area contributed by atoms with E-state index in [-0.39, 0.29) is 59.7 Å². The van der Waals surface area contributed by atoms with Gasteiger partial charge in [0.2, 0.25) is 17.7 Å². The molecule has 3 aromatic rings. The molecule has 16 nitrogen and oxygen atoms in total. The number of carboxylic acids is 1. The van der Waals surface area contributed by atoms with Crippen LogP contribution in [-0.2, 0) is 25.7 Å².